The Bertz CT molecular complexity index is 591. The van der Waals surface area contributed by atoms with Gasteiger partial charge in [-0.15, -0.1) is 0 Å². The maximum Gasteiger partial charge on any atom is 0.122 e. The summed E-state index contributed by atoms with van der Waals surface area (Å²) >= 11 is 0. The van der Waals surface area contributed by atoms with Crippen LogP contribution in [-0.2, 0) is 0 Å². The molecule has 110 valence electrons. The molecule has 0 spiro atoms. The molecule has 0 fully saturated rings. The topological polar surface area (TPSA) is 21.3 Å². The van der Waals surface area contributed by atoms with Gasteiger partial charge in [0.2, 0.25) is 0 Å². The quantitative estimate of drug-likeness (QED) is 0.906. The number of fused-ring (bicyclic) bond motifs is 1. The van der Waals surface area contributed by atoms with Crippen molar-refractivity contribution >= 4 is 0 Å². The molecule has 2 nitrogen and oxygen atoms in total. The van der Waals surface area contributed by atoms with Gasteiger partial charge in [0.05, 0.1) is 6.61 Å². The van der Waals surface area contributed by atoms with E-state index in [1.54, 1.807) is 0 Å². The molecule has 2 aromatic carbocycles. The van der Waals surface area contributed by atoms with Crippen LogP contribution in [0, 0.1) is 6.92 Å². The van der Waals surface area contributed by atoms with Crippen molar-refractivity contribution in [3.63, 3.8) is 0 Å². The average molecular weight is 281 g/mol. The molecule has 0 aromatic heterocycles. The number of nitrogens with one attached hydrogen (secondary N) is 1. The predicted octanol–water partition coefficient (Wildman–Crippen LogP) is 4.21. The zero-order valence-corrected chi connectivity index (χ0v) is 12.8. The molecule has 0 saturated heterocycles. The molecular weight excluding hydrogens is 258 g/mol. The van der Waals surface area contributed by atoms with Gasteiger partial charge in [-0.3, -0.25) is 0 Å². The lowest BCUT2D eigenvalue weighted by atomic mass is 9.83. The largest absolute Gasteiger partial charge is 0.493 e. The maximum absolute atomic E-state index is 5.81. The van der Waals surface area contributed by atoms with Crippen molar-refractivity contribution in [3.8, 4) is 5.75 Å². The average Bonchev–Trinajstić information content (AvgIpc) is 2.53. The van der Waals surface area contributed by atoms with E-state index in [1.807, 2.05) is 0 Å². The van der Waals surface area contributed by atoms with E-state index in [1.165, 1.54) is 16.7 Å². The standard InChI is InChI=1S/C19H23NO/c1-3-20-19(15-10-8-14(2)9-11-15)17-12-13-21-18-7-5-4-6-16(17)18/h4-11,17,19-20H,3,12-13H2,1-2H3. The Labute approximate surface area is 127 Å². The normalized spacial score (nSPS) is 18.7. The highest BCUT2D eigenvalue weighted by atomic mass is 16.5. The van der Waals surface area contributed by atoms with Crippen molar-refractivity contribution in [1.29, 1.82) is 0 Å². The van der Waals surface area contributed by atoms with Gasteiger partial charge in [0, 0.05) is 12.0 Å². The van der Waals surface area contributed by atoms with Gasteiger partial charge in [0.25, 0.3) is 0 Å². The van der Waals surface area contributed by atoms with Gasteiger partial charge in [0.1, 0.15) is 5.75 Å². The second-order valence-corrected chi connectivity index (χ2v) is 5.73. The molecule has 1 N–H and O–H groups in total. The minimum Gasteiger partial charge on any atom is -0.493 e. The first-order valence-electron chi connectivity index (χ1n) is 7.81. The van der Waals surface area contributed by atoms with Crippen molar-refractivity contribution in [1.82, 2.24) is 5.32 Å². The lowest BCUT2D eigenvalue weighted by Crippen LogP contribution is -2.30. The molecule has 21 heavy (non-hydrogen) atoms. The van der Waals surface area contributed by atoms with E-state index in [-0.39, 0.29) is 0 Å². The summed E-state index contributed by atoms with van der Waals surface area (Å²) in [6.07, 6.45) is 1.06. The Kier molecular flexibility index (Phi) is 4.26. The summed E-state index contributed by atoms with van der Waals surface area (Å²) in [5, 5.41) is 3.67. The van der Waals surface area contributed by atoms with E-state index in [0.29, 0.717) is 12.0 Å². The number of rotatable bonds is 4. The van der Waals surface area contributed by atoms with Crippen LogP contribution in [-0.4, -0.2) is 13.2 Å². The highest BCUT2D eigenvalue weighted by Gasteiger charge is 2.29. The van der Waals surface area contributed by atoms with Crippen LogP contribution >= 0.6 is 0 Å². The number of benzene rings is 2. The number of aryl methyl sites for hydroxylation is 1. The summed E-state index contributed by atoms with van der Waals surface area (Å²) in [4.78, 5) is 0. The van der Waals surface area contributed by atoms with Crippen molar-refractivity contribution in [2.45, 2.75) is 32.2 Å². The van der Waals surface area contributed by atoms with Gasteiger partial charge < -0.3 is 10.1 Å². The summed E-state index contributed by atoms with van der Waals surface area (Å²) in [5.41, 5.74) is 4.00. The second kappa shape index (κ2) is 6.31. The minimum absolute atomic E-state index is 0.348. The fourth-order valence-corrected chi connectivity index (χ4v) is 3.20. The van der Waals surface area contributed by atoms with Crippen LogP contribution in [0.5, 0.6) is 5.75 Å². The van der Waals surface area contributed by atoms with E-state index in [2.05, 4.69) is 67.7 Å². The summed E-state index contributed by atoms with van der Waals surface area (Å²) in [6.45, 7) is 6.08. The van der Waals surface area contributed by atoms with E-state index < -0.39 is 0 Å². The molecule has 0 radical (unpaired) electrons. The van der Waals surface area contributed by atoms with Crippen LogP contribution in [0.25, 0.3) is 0 Å². The Morgan fingerprint density at radius 2 is 1.90 bits per heavy atom. The summed E-state index contributed by atoms with van der Waals surface area (Å²) < 4.78 is 5.81. The molecule has 0 aliphatic carbocycles. The lowest BCUT2D eigenvalue weighted by molar-refractivity contribution is 0.246. The SMILES string of the molecule is CCNC(c1ccc(C)cc1)C1CCOc2ccccc21. The molecule has 0 saturated carbocycles. The highest BCUT2D eigenvalue weighted by Crippen LogP contribution is 2.41. The maximum atomic E-state index is 5.81. The Morgan fingerprint density at radius 3 is 2.67 bits per heavy atom. The van der Waals surface area contributed by atoms with Crippen molar-refractivity contribution in [2.24, 2.45) is 0 Å². The van der Waals surface area contributed by atoms with Crippen LogP contribution in [0.3, 0.4) is 0 Å². The summed E-state index contributed by atoms with van der Waals surface area (Å²) in [5.74, 6) is 1.52. The second-order valence-electron chi connectivity index (χ2n) is 5.73. The van der Waals surface area contributed by atoms with Gasteiger partial charge in [-0.25, -0.2) is 0 Å². The molecule has 2 aromatic rings. The van der Waals surface area contributed by atoms with E-state index in [4.69, 9.17) is 4.74 Å². The minimum atomic E-state index is 0.348. The number of likely N-dealkylation sites (N-methyl/N-ethyl adjacent to an activating group) is 1. The van der Waals surface area contributed by atoms with Gasteiger partial charge in [0.15, 0.2) is 0 Å². The zero-order chi connectivity index (χ0) is 14.7. The molecule has 1 heterocycles. The van der Waals surface area contributed by atoms with Gasteiger partial charge in [-0.05, 0) is 37.1 Å². The van der Waals surface area contributed by atoms with E-state index in [0.717, 1.165) is 25.3 Å². The number of ether oxygens (including phenoxy) is 1. The third-order valence-electron chi connectivity index (χ3n) is 4.27. The van der Waals surface area contributed by atoms with Gasteiger partial charge in [-0.1, -0.05) is 55.0 Å². The fourth-order valence-electron chi connectivity index (χ4n) is 3.20. The number of para-hydroxylation sites is 1. The van der Waals surface area contributed by atoms with Gasteiger partial charge in [-0.2, -0.15) is 0 Å². The molecule has 1 aliphatic heterocycles. The van der Waals surface area contributed by atoms with E-state index in [9.17, 15) is 0 Å². The van der Waals surface area contributed by atoms with Crippen molar-refractivity contribution < 1.29 is 4.74 Å². The summed E-state index contributed by atoms with van der Waals surface area (Å²) in [6, 6.07) is 17.7. The molecule has 3 rings (SSSR count). The first kappa shape index (κ1) is 14.2. The first-order chi connectivity index (χ1) is 10.3. The van der Waals surface area contributed by atoms with Crippen LogP contribution in [0.15, 0.2) is 48.5 Å². The van der Waals surface area contributed by atoms with Crippen LogP contribution < -0.4 is 10.1 Å². The third-order valence-corrected chi connectivity index (χ3v) is 4.27. The molecule has 1 aliphatic rings. The molecule has 2 unspecified atom stereocenters. The van der Waals surface area contributed by atoms with Crippen LogP contribution in [0.2, 0.25) is 0 Å². The van der Waals surface area contributed by atoms with Crippen LogP contribution in [0.4, 0.5) is 0 Å². The Morgan fingerprint density at radius 1 is 1.14 bits per heavy atom. The lowest BCUT2D eigenvalue weighted by Gasteiger charge is -2.33. The highest BCUT2D eigenvalue weighted by molar-refractivity contribution is 5.40. The molecule has 0 amide bonds. The van der Waals surface area contributed by atoms with Crippen molar-refractivity contribution in [3.05, 3.63) is 65.2 Å². The number of hydrogen-bond donors (Lipinski definition) is 1. The molecular formula is C19H23NO. The zero-order valence-electron chi connectivity index (χ0n) is 12.8. The Hall–Kier alpha value is -1.80. The first-order valence-corrected chi connectivity index (χ1v) is 7.81. The van der Waals surface area contributed by atoms with Crippen molar-refractivity contribution in [2.75, 3.05) is 13.2 Å². The predicted molar refractivity (Wildman–Crippen MR) is 86.9 cm³/mol. The smallest absolute Gasteiger partial charge is 0.122 e. The summed E-state index contributed by atoms with van der Waals surface area (Å²) in [7, 11) is 0. The fraction of sp³-hybridized carbons (Fsp3) is 0.368. The monoisotopic (exact) mass is 281 g/mol. The number of hydrogen-bond acceptors (Lipinski definition) is 2. The molecule has 0 bridgehead atoms. The van der Waals surface area contributed by atoms with Crippen LogP contribution in [0.1, 0.15) is 42.0 Å². The van der Waals surface area contributed by atoms with Gasteiger partial charge >= 0.3 is 0 Å². The molecule has 2 heteroatoms. The van der Waals surface area contributed by atoms with E-state index >= 15 is 0 Å². The molecule has 2 atom stereocenters. The third kappa shape index (κ3) is 2.96. The Balaban J connectivity index is 1.96.